The van der Waals surface area contributed by atoms with Crippen molar-refractivity contribution in [3.8, 4) is 6.07 Å². The van der Waals surface area contributed by atoms with E-state index in [0.717, 1.165) is 6.07 Å². The van der Waals surface area contributed by atoms with E-state index in [9.17, 15) is 14.9 Å². The van der Waals surface area contributed by atoms with Crippen molar-refractivity contribution in [1.29, 1.82) is 5.26 Å². The molecule has 0 aliphatic carbocycles. The van der Waals surface area contributed by atoms with E-state index >= 15 is 0 Å². The Bertz CT molecular complexity index is 462. The van der Waals surface area contributed by atoms with Crippen molar-refractivity contribution in [2.24, 2.45) is 0 Å². The molecule has 0 heterocycles. The second-order valence-corrected chi connectivity index (χ2v) is 2.68. The number of rotatable bonds is 2. The van der Waals surface area contributed by atoms with Crippen LogP contribution in [0.15, 0.2) is 18.2 Å². The van der Waals surface area contributed by atoms with Gasteiger partial charge in [0.2, 0.25) is 0 Å². The Morgan fingerprint density at radius 2 is 2.27 bits per heavy atom. The standard InChI is InChI=1S/C9H7N3O3/c1-11-9(13)6-2-3-7(5-10)8(4-6)12(14)15/h2-4H,1H3,(H,11,13). The van der Waals surface area contributed by atoms with Crippen LogP contribution in [-0.2, 0) is 0 Å². The van der Waals surface area contributed by atoms with Crippen LogP contribution in [0.3, 0.4) is 0 Å². The molecule has 1 rings (SSSR count). The van der Waals surface area contributed by atoms with Crippen molar-refractivity contribution < 1.29 is 9.72 Å². The fourth-order valence-electron chi connectivity index (χ4n) is 1.06. The van der Waals surface area contributed by atoms with E-state index < -0.39 is 10.8 Å². The molecule has 0 aliphatic rings. The van der Waals surface area contributed by atoms with Gasteiger partial charge in [0, 0.05) is 18.7 Å². The van der Waals surface area contributed by atoms with Crippen LogP contribution in [0.2, 0.25) is 0 Å². The molecule has 15 heavy (non-hydrogen) atoms. The van der Waals surface area contributed by atoms with Gasteiger partial charge in [0.05, 0.1) is 4.92 Å². The Morgan fingerprint density at radius 3 is 2.73 bits per heavy atom. The van der Waals surface area contributed by atoms with Crippen LogP contribution in [0.5, 0.6) is 0 Å². The van der Waals surface area contributed by atoms with E-state index in [1.807, 2.05) is 0 Å². The highest BCUT2D eigenvalue weighted by Gasteiger charge is 2.16. The zero-order valence-electron chi connectivity index (χ0n) is 7.85. The minimum Gasteiger partial charge on any atom is -0.355 e. The van der Waals surface area contributed by atoms with Gasteiger partial charge in [0.25, 0.3) is 11.6 Å². The molecule has 0 saturated carbocycles. The summed E-state index contributed by atoms with van der Waals surface area (Å²) in [6, 6.07) is 5.39. The normalized spacial score (nSPS) is 9.07. The third kappa shape index (κ3) is 2.08. The summed E-state index contributed by atoms with van der Waals surface area (Å²) in [5.41, 5.74) is -0.269. The largest absolute Gasteiger partial charge is 0.355 e. The predicted octanol–water partition coefficient (Wildman–Crippen LogP) is 0.826. The first-order chi connectivity index (χ1) is 7.10. The molecule has 6 heteroatoms. The zero-order chi connectivity index (χ0) is 11.4. The lowest BCUT2D eigenvalue weighted by Gasteiger charge is -2.00. The molecular weight excluding hydrogens is 198 g/mol. The van der Waals surface area contributed by atoms with E-state index in [4.69, 9.17) is 5.26 Å². The molecule has 1 N–H and O–H groups in total. The maximum Gasteiger partial charge on any atom is 0.287 e. The minimum absolute atomic E-state index is 0.0624. The monoisotopic (exact) mass is 205 g/mol. The molecule has 0 fully saturated rings. The lowest BCUT2D eigenvalue weighted by atomic mass is 10.1. The number of hydrogen-bond acceptors (Lipinski definition) is 4. The lowest BCUT2D eigenvalue weighted by molar-refractivity contribution is -0.385. The number of carbonyl (C=O) groups is 1. The highest BCUT2D eigenvalue weighted by atomic mass is 16.6. The van der Waals surface area contributed by atoms with Crippen molar-refractivity contribution in [3.05, 3.63) is 39.4 Å². The Kier molecular flexibility index (Phi) is 2.98. The predicted molar refractivity (Wildman–Crippen MR) is 51.2 cm³/mol. The lowest BCUT2D eigenvalue weighted by Crippen LogP contribution is -2.17. The summed E-state index contributed by atoms with van der Waals surface area (Å²) in [7, 11) is 1.42. The van der Waals surface area contributed by atoms with Gasteiger partial charge in [-0.2, -0.15) is 5.26 Å². The summed E-state index contributed by atoms with van der Waals surface area (Å²) in [5, 5.41) is 21.5. The summed E-state index contributed by atoms with van der Waals surface area (Å²) in [6.07, 6.45) is 0. The number of nitriles is 1. The summed E-state index contributed by atoms with van der Waals surface area (Å²) in [6.45, 7) is 0. The van der Waals surface area contributed by atoms with Crippen LogP contribution in [-0.4, -0.2) is 17.9 Å². The van der Waals surface area contributed by atoms with Gasteiger partial charge in [0.15, 0.2) is 0 Å². The third-order valence-corrected chi connectivity index (χ3v) is 1.80. The van der Waals surface area contributed by atoms with Crippen LogP contribution >= 0.6 is 0 Å². The minimum atomic E-state index is -0.689. The number of nitrogens with zero attached hydrogens (tertiary/aromatic N) is 2. The number of hydrogen-bond donors (Lipinski definition) is 1. The van der Waals surface area contributed by atoms with Crippen molar-refractivity contribution in [2.75, 3.05) is 7.05 Å². The zero-order valence-corrected chi connectivity index (χ0v) is 7.85. The summed E-state index contributed by atoms with van der Waals surface area (Å²) in [4.78, 5) is 21.0. The van der Waals surface area contributed by atoms with E-state index in [0.29, 0.717) is 0 Å². The van der Waals surface area contributed by atoms with E-state index in [-0.39, 0.29) is 16.8 Å². The number of nitro benzene ring substituents is 1. The van der Waals surface area contributed by atoms with Gasteiger partial charge in [-0.1, -0.05) is 0 Å². The molecule has 1 amide bonds. The molecule has 76 valence electrons. The first kappa shape index (κ1) is 10.7. The Labute approximate surface area is 85.3 Å². The maximum absolute atomic E-state index is 11.2. The number of carbonyl (C=O) groups excluding carboxylic acids is 1. The smallest absolute Gasteiger partial charge is 0.287 e. The summed E-state index contributed by atoms with van der Waals surface area (Å²) in [5.74, 6) is -0.428. The average Bonchev–Trinajstić information content (AvgIpc) is 2.27. The van der Waals surface area contributed by atoms with Crippen molar-refractivity contribution in [3.63, 3.8) is 0 Å². The molecule has 0 aromatic heterocycles. The summed E-state index contributed by atoms with van der Waals surface area (Å²) < 4.78 is 0. The van der Waals surface area contributed by atoms with Gasteiger partial charge in [0.1, 0.15) is 11.6 Å². The molecule has 0 bridgehead atoms. The highest BCUT2D eigenvalue weighted by molar-refractivity contribution is 5.94. The molecule has 1 aromatic carbocycles. The molecule has 1 aromatic rings. The molecule has 0 aliphatic heterocycles. The van der Waals surface area contributed by atoms with Crippen LogP contribution in [0.4, 0.5) is 5.69 Å². The SMILES string of the molecule is CNC(=O)c1ccc(C#N)c([N+](=O)[O-])c1. The second kappa shape index (κ2) is 4.19. The topological polar surface area (TPSA) is 96.0 Å². The Morgan fingerprint density at radius 1 is 1.60 bits per heavy atom. The first-order valence-corrected chi connectivity index (χ1v) is 4.00. The average molecular weight is 205 g/mol. The third-order valence-electron chi connectivity index (χ3n) is 1.80. The van der Waals surface area contributed by atoms with Crippen molar-refractivity contribution in [2.45, 2.75) is 0 Å². The van der Waals surface area contributed by atoms with Gasteiger partial charge < -0.3 is 5.32 Å². The number of nitrogens with one attached hydrogen (secondary N) is 1. The van der Waals surface area contributed by atoms with Gasteiger partial charge in [-0.25, -0.2) is 0 Å². The van der Waals surface area contributed by atoms with E-state index in [2.05, 4.69) is 5.32 Å². The van der Waals surface area contributed by atoms with E-state index in [1.54, 1.807) is 6.07 Å². The van der Waals surface area contributed by atoms with Crippen molar-refractivity contribution >= 4 is 11.6 Å². The van der Waals surface area contributed by atoms with Crippen LogP contribution in [0.1, 0.15) is 15.9 Å². The van der Waals surface area contributed by atoms with Crippen molar-refractivity contribution in [1.82, 2.24) is 5.32 Å². The maximum atomic E-state index is 11.2. The van der Waals surface area contributed by atoms with Crippen LogP contribution < -0.4 is 5.32 Å². The molecule has 0 unspecified atom stereocenters. The van der Waals surface area contributed by atoms with Crippen LogP contribution in [0, 0.1) is 21.4 Å². The molecule has 0 radical (unpaired) electrons. The van der Waals surface area contributed by atoms with Gasteiger partial charge in [-0.05, 0) is 12.1 Å². The first-order valence-electron chi connectivity index (χ1n) is 4.00. The number of nitro groups is 1. The van der Waals surface area contributed by atoms with Gasteiger partial charge in [-0.3, -0.25) is 14.9 Å². The molecule has 6 nitrogen and oxygen atoms in total. The quantitative estimate of drug-likeness (QED) is 0.571. The molecule has 0 saturated heterocycles. The molecular formula is C9H7N3O3. The second-order valence-electron chi connectivity index (χ2n) is 2.68. The van der Waals surface area contributed by atoms with E-state index in [1.165, 1.54) is 19.2 Å². The fraction of sp³-hybridized carbons (Fsp3) is 0.111. The Hall–Kier alpha value is -2.42. The number of benzene rings is 1. The summed E-state index contributed by atoms with van der Waals surface area (Å²) >= 11 is 0. The highest BCUT2D eigenvalue weighted by Crippen LogP contribution is 2.19. The molecule has 0 spiro atoms. The van der Waals surface area contributed by atoms with Gasteiger partial charge >= 0.3 is 0 Å². The fourth-order valence-corrected chi connectivity index (χ4v) is 1.06. The van der Waals surface area contributed by atoms with Gasteiger partial charge in [-0.15, -0.1) is 0 Å². The van der Waals surface area contributed by atoms with Crippen LogP contribution in [0.25, 0.3) is 0 Å². The Balaban J connectivity index is 3.29. The number of amides is 1. The molecule has 0 atom stereocenters.